The lowest BCUT2D eigenvalue weighted by atomic mass is 9.62. The van der Waals surface area contributed by atoms with E-state index in [0.717, 1.165) is 12.8 Å². The fraction of sp³-hybridized carbons (Fsp3) is 0.450. The van der Waals surface area contributed by atoms with E-state index in [9.17, 15) is 29.7 Å². The number of phenolic OH excluding ortho intramolecular Hbond substituents is 2. The van der Waals surface area contributed by atoms with Gasteiger partial charge >= 0.3 is 5.97 Å². The van der Waals surface area contributed by atoms with Gasteiger partial charge in [0, 0.05) is 17.4 Å². The van der Waals surface area contributed by atoms with Crippen LogP contribution in [0.5, 0.6) is 17.2 Å². The molecule has 3 N–H and O–H groups in total. The van der Waals surface area contributed by atoms with E-state index in [2.05, 4.69) is 0 Å². The zero-order valence-corrected chi connectivity index (χ0v) is 14.5. The number of aliphatic carboxylic acids is 1. The molecule has 3 aliphatic rings. The zero-order valence-electron chi connectivity index (χ0n) is 14.5. The number of phenols is 2. The van der Waals surface area contributed by atoms with Crippen LogP contribution in [0.25, 0.3) is 0 Å². The van der Waals surface area contributed by atoms with Crippen molar-refractivity contribution in [3.63, 3.8) is 0 Å². The largest absolute Gasteiger partial charge is 0.504 e. The number of carboxylic acid groups (broad SMARTS) is 1. The monoisotopic (exact) mass is 372 g/mol. The normalized spacial score (nSPS) is 32.4. The van der Waals surface area contributed by atoms with Crippen LogP contribution < -0.4 is 4.74 Å². The van der Waals surface area contributed by atoms with Crippen molar-refractivity contribution in [3.8, 4) is 17.2 Å². The average molecular weight is 372 g/mol. The number of Topliss-reactive ketones (excluding diaryl/α,β-unsaturated/α-hetero) is 1. The van der Waals surface area contributed by atoms with Crippen molar-refractivity contribution in [2.75, 3.05) is 0 Å². The molecule has 7 nitrogen and oxygen atoms in total. The number of aromatic hydroxyl groups is 2. The van der Waals surface area contributed by atoms with Crippen LogP contribution in [0.15, 0.2) is 24.3 Å². The lowest BCUT2D eigenvalue weighted by Gasteiger charge is -2.45. The van der Waals surface area contributed by atoms with Gasteiger partial charge in [-0.05, 0) is 30.9 Å². The molecule has 27 heavy (non-hydrogen) atoms. The molecular formula is C20H20O7. The van der Waals surface area contributed by atoms with Crippen molar-refractivity contribution in [1.29, 1.82) is 0 Å². The van der Waals surface area contributed by atoms with Crippen LogP contribution in [0.2, 0.25) is 0 Å². The van der Waals surface area contributed by atoms with Crippen LogP contribution in [0.3, 0.4) is 0 Å². The van der Waals surface area contributed by atoms with Gasteiger partial charge in [0.2, 0.25) is 17.3 Å². The van der Waals surface area contributed by atoms with E-state index in [-0.39, 0.29) is 11.7 Å². The van der Waals surface area contributed by atoms with Gasteiger partial charge in [-0.3, -0.25) is 14.4 Å². The summed E-state index contributed by atoms with van der Waals surface area (Å²) in [5, 5.41) is 29.8. The molecule has 1 aliphatic heterocycles. The molecule has 142 valence electrons. The molecule has 4 rings (SSSR count). The van der Waals surface area contributed by atoms with Gasteiger partial charge in [0.15, 0.2) is 17.6 Å². The number of carbonyl (C=O) groups excluding carboxylic acids is 2. The topological polar surface area (TPSA) is 121 Å². The Hall–Kier alpha value is -2.83. The second kappa shape index (κ2) is 6.40. The van der Waals surface area contributed by atoms with E-state index in [1.54, 1.807) is 12.1 Å². The molecule has 1 saturated carbocycles. The van der Waals surface area contributed by atoms with Crippen molar-refractivity contribution in [2.45, 2.75) is 37.7 Å². The summed E-state index contributed by atoms with van der Waals surface area (Å²) in [6.07, 6.45) is 4.64. The highest BCUT2D eigenvalue weighted by Crippen LogP contribution is 2.55. The number of hydrogen-bond acceptors (Lipinski definition) is 6. The van der Waals surface area contributed by atoms with Crippen molar-refractivity contribution in [2.24, 2.45) is 17.8 Å². The van der Waals surface area contributed by atoms with Crippen LogP contribution in [0.1, 0.15) is 37.2 Å². The Morgan fingerprint density at radius 1 is 1.11 bits per heavy atom. The molecule has 1 fully saturated rings. The van der Waals surface area contributed by atoms with E-state index in [4.69, 9.17) is 4.74 Å². The Bertz CT molecular complexity index is 856. The smallest absolute Gasteiger partial charge is 0.306 e. The summed E-state index contributed by atoms with van der Waals surface area (Å²) >= 11 is 0. The minimum atomic E-state index is -1.12. The van der Waals surface area contributed by atoms with Crippen molar-refractivity contribution in [3.05, 3.63) is 29.8 Å². The first-order chi connectivity index (χ1) is 12.9. The fourth-order valence-electron chi connectivity index (χ4n) is 4.85. The van der Waals surface area contributed by atoms with Gasteiger partial charge in [0.25, 0.3) is 0 Å². The first kappa shape index (κ1) is 17.6. The maximum atomic E-state index is 12.4. The maximum Gasteiger partial charge on any atom is 0.306 e. The highest BCUT2D eigenvalue weighted by molar-refractivity contribution is 6.44. The molecule has 0 radical (unpaired) electrons. The molecule has 0 amide bonds. The summed E-state index contributed by atoms with van der Waals surface area (Å²) in [7, 11) is 0. The number of benzene rings is 1. The third-order valence-electron chi connectivity index (χ3n) is 6.08. The van der Waals surface area contributed by atoms with Gasteiger partial charge in [0.05, 0.1) is 5.92 Å². The molecule has 1 aromatic carbocycles. The van der Waals surface area contributed by atoms with Crippen LogP contribution >= 0.6 is 0 Å². The third-order valence-corrected chi connectivity index (χ3v) is 6.08. The van der Waals surface area contributed by atoms with Gasteiger partial charge in [-0.2, -0.15) is 0 Å². The second-order valence-electron chi connectivity index (χ2n) is 7.47. The highest BCUT2D eigenvalue weighted by atomic mass is 16.5. The number of ether oxygens (including phenoxy) is 1. The number of fused-ring (bicyclic) bond motifs is 2. The van der Waals surface area contributed by atoms with Gasteiger partial charge in [0.1, 0.15) is 0 Å². The first-order valence-corrected chi connectivity index (χ1v) is 9.10. The second-order valence-corrected chi connectivity index (χ2v) is 7.47. The summed E-state index contributed by atoms with van der Waals surface area (Å²) in [5.74, 6) is -4.94. The predicted molar refractivity (Wildman–Crippen MR) is 92.7 cm³/mol. The lowest BCUT2D eigenvalue weighted by Crippen LogP contribution is -2.49. The molecule has 0 bridgehead atoms. The van der Waals surface area contributed by atoms with Crippen molar-refractivity contribution >= 4 is 17.5 Å². The van der Waals surface area contributed by atoms with Gasteiger partial charge in [-0.1, -0.05) is 25.0 Å². The third kappa shape index (κ3) is 2.69. The number of carbonyl (C=O) groups is 3. The summed E-state index contributed by atoms with van der Waals surface area (Å²) in [6.45, 7) is 0. The molecule has 0 saturated heterocycles. The Kier molecular flexibility index (Phi) is 4.17. The van der Waals surface area contributed by atoms with Crippen molar-refractivity contribution in [1.82, 2.24) is 0 Å². The quantitative estimate of drug-likeness (QED) is 0.537. The van der Waals surface area contributed by atoms with E-state index in [1.165, 1.54) is 12.1 Å². The maximum absolute atomic E-state index is 12.4. The summed E-state index contributed by atoms with van der Waals surface area (Å²) in [6, 6.07) is 2.94. The van der Waals surface area contributed by atoms with E-state index in [0.29, 0.717) is 18.4 Å². The Morgan fingerprint density at radius 3 is 2.59 bits per heavy atom. The Labute approximate surface area is 155 Å². The number of carboxylic acids is 1. The van der Waals surface area contributed by atoms with Gasteiger partial charge < -0.3 is 20.1 Å². The molecule has 1 heterocycles. The summed E-state index contributed by atoms with van der Waals surface area (Å²) in [4.78, 5) is 36.1. The number of rotatable bonds is 2. The average Bonchev–Trinajstić information content (AvgIpc) is 2.66. The van der Waals surface area contributed by atoms with Crippen LogP contribution in [0.4, 0.5) is 0 Å². The molecule has 7 heteroatoms. The molecular weight excluding hydrogens is 352 g/mol. The molecule has 0 spiro atoms. The Balaban J connectivity index is 1.88. The van der Waals surface area contributed by atoms with Crippen molar-refractivity contribution < 1.29 is 34.4 Å². The molecule has 5 unspecified atom stereocenters. The van der Waals surface area contributed by atoms with E-state index >= 15 is 0 Å². The lowest BCUT2D eigenvalue weighted by molar-refractivity contribution is -0.146. The SMILES string of the molecule is O=C1C=CC2C(Oc3c(ccc(O)c3O)C2C2CCCCC2C(=O)O)C1=O. The van der Waals surface area contributed by atoms with E-state index in [1.807, 2.05) is 0 Å². The molecule has 5 atom stereocenters. The summed E-state index contributed by atoms with van der Waals surface area (Å²) < 4.78 is 5.67. The number of allylic oxidation sites excluding steroid dienone is 1. The van der Waals surface area contributed by atoms with Crippen LogP contribution in [-0.2, 0) is 14.4 Å². The minimum absolute atomic E-state index is 0.0348. The van der Waals surface area contributed by atoms with Gasteiger partial charge in [-0.25, -0.2) is 0 Å². The standard InChI is InChI=1S/C20H20O7/c21-13-7-5-11-15(9-3-1-2-4-10(9)20(25)26)12-6-8-14(22)17(24)19(12)27-18(11)16(13)23/h5-11,15,18,22,24H,1-4H2,(H,25,26). The predicted octanol–water partition coefficient (Wildman–Crippen LogP) is 2.16. The first-order valence-electron chi connectivity index (χ1n) is 9.10. The zero-order chi connectivity index (χ0) is 19.3. The fourth-order valence-corrected chi connectivity index (χ4v) is 4.85. The molecule has 2 aliphatic carbocycles. The number of ketones is 2. The van der Waals surface area contributed by atoms with Gasteiger partial charge in [-0.15, -0.1) is 0 Å². The van der Waals surface area contributed by atoms with Crippen LogP contribution in [-0.4, -0.2) is 39.0 Å². The highest BCUT2D eigenvalue weighted by Gasteiger charge is 2.50. The summed E-state index contributed by atoms with van der Waals surface area (Å²) in [5.41, 5.74) is 0.566. The molecule has 1 aromatic rings. The van der Waals surface area contributed by atoms with E-state index < -0.39 is 52.9 Å². The Morgan fingerprint density at radius 2 is 1.85 bits per heavy atom. The number of hydrogen-bond donors (Lipinski definition) is 3. The van der Waals surface area contributed by atoms with Crippen LogP contribution in [0, 0.1) is 17.8 Å². The molecule has 0 aromatic heterocycles. The minimum Gasteiger partial charge on any atom is -0.504 e.